The smallest absolute Gasteiger partial charge is 0.264 e. The first-order valence-corrected chi connectivity index (χ1v) is 13.2. The summed E-state index contributed by atoms with van der Waals surface area (Å²) in [7, 11) is -3.81. The number of fused-ring (bicyclic) bond motifs is 1. The lowest BCUT2D eigenvalue weighted by molar-refractivity contribution is 0.0710. The zero-order valence-electron chi connectivity index (χ0n) is 19.5. The molecule has 9 heteroatoms. The van der Waals surface area contributed by atoms with Crippen LogP contribution in [0.5, 0.6) is 0 Å². The average Bonchev–Trinajstić information content (AvgIpc) is 3.34. The van der Waals surface area contributed by atoms with E-state index in [4.69, 9.17) is 0 Å². The number of piperidine rings is 1. The normalized spacial score (nSPS) is 14.8. The molecule has 0 saturated carbocycles. The number of rotatable bonds is 6. The van der Waals surface area contributed by atoms with E-state index in [1.54, 1.807) is 54.3 Å². The van der Waals surface area contributed by atoms with Crippen molar-refractivity contribution in [1.82, 2.24) is 19.5 Å². The van der Waals surface area contributed by atoms with Gasteiger partial charge in [0.2, 0.25) is 0 Å². The minimum atomic E-state index is -3.81. The van der Waals surface area contributed by atoms with Crippen LogP contribution in [-0.2, 0) is 10.0 Å². The van der Waals surface area contributed by atoms with Crippen molar-refractivity contribution < 1.29 is 13.2 Å². The summed E-state index contributed by atoms with van der Waals surface area (Å²) in [5, 5.41) is 8.62. The number of likely N-dealkylation sites (tertiary alicyclic amines) is 1. The van der Waals surface area contributed by atoms with Crippen LogP contribution in [0, 0.1) is 0 Å². The first kappa shape index (κ1) is 23.0. The molecule has 1 aliphatic heterocycles. The van der Waals surface area contributed by atoms with E-state index in [0.717, 1.165) is 24.3 Å². The third kappa shape index (κ3) is 4.39. The lowest BCUT2D eigenvalue weighted by Gasteiger charge is -2.31. The summed E-state index contributed by atoms with van der Waals surface area (Å²) in [5.41, 5.74) is 1.78. The second kappa shape index (κ2) is 9.50. The molecule has 180 valence electrons. The number of amides is 1. The molecular formula is C26H27N5O3S. The minimum absolute atomic E-state index is 0.110. The molecule has 1 fully saturated rings. The molecular weight excluding hydrogens is 462 g/mol. The molecule has 2 aromatic heterocycles. The number of sulfonamides is 1. The zero-order valence-corrected chi connectivity index (χ0v) is 20.3. The molecule has 4 aromatic rings. The van der Waals surface area contributed by atoms with Gasteiger partial charge in [-0.3, -0.25) is 13.5 Å². The summed E-state index contributed by atoms with van der Waals surface area (Å²) >= 11 is 0. The number of anilines is 1. The Morgan fingerprint density at radius 1 is 0.971 bits per heavy atom. The van der Waals surface area contributed by atoms with Crippen molar-refractivity contribution in [3.63, 3.8) is 0 Å². The van der Waals surface area contributed by atoms with Gasteiger partial charge in [-0.2, -0.15) is 0 Å². The summed E-state index contributed by atoms with van der Waals surface area (Å²) in [6, 6.07) is 21.1. The summed E-state index contributed by atoms with van der Waals surface area (Å²) < 4.78 is 30.1. The van der Waals surface area contributed by atoms with Gasteiger partial charge in [0, 0.05) is 37.3 Å². The van der Waals surface area contributed by atoms with E-state index < -0.39 is 10.0 Å². The van der Waals surface area contributed by atoms with E-state index in [0.29, 0.717) is 24.3 Å². The van der Waals surface area contributed by atoms with Crippen LogP contribution in [0.3, 0.4) is 0 Å². The molecule has 1 saturated heterocycles. The Hall–Kier alpha value is -3.72. The standard InChI is InChI=1S/C26H27N5O3S/c1-2-31(22-10-4-3-5-11-22)35(33,34)23-12-8-9-21(19-23)26(32)29-17-14-20(15-18-29)25-28-27-24-13-6-7-16-30(24)25/h3-13,16,19-20H,2,14-15,17-18H2,1H3. The van der Waals surface area contributed by atoms with Crippen molar-refractivity contribution in [3.8, 4) is 0 Å². The van der Waals surface area contributed by atoms with Gasteiger partial charge in [0.1, 0.15) is 5.82 Å². The maximum atomic E-state index is 13.4. The predicted octanol–water partition coefficient (Wildman–Crippen LogP) is 3.96. The molecule has 1 aliphatic rings. The molecule has 0 atom stereocenters. The van der Waals surface area contributed by atoms with Crippen LogP contribution in [0.2, 0.25) is 0 Å². The van der Waals surface area contributed by atoms with E-state index in [9.17, 15) is 13.2 Å². The summed E-state index contributed by atoms with van der Waals surface area (Å²) in [4.78, 5) is 15.2. The van der Waals surface area contributed by atoms with Gasteiger partial charge in [-0.05, 0) is 62.2 Å². The molecule has 35 heavy (non-hydrogen) atoms. The molecule has 8 nitrogen and oxygen atoms in total. The van der Waals surface area contributed by atoms with Gasteiger partial charge in [-0.25, -0.2) is 8.42 Å². The van der Waals surface area contributed by atoms with Gasteiger partial charge < -0.3 is 4.90 Å². The van der Waals surface area contributed by atoms with Crippen molar-refractivity contribution >= 4 is 27.3 Å². The SMILES string of the molecule is CCN(c1ccccc1)S(=O)(=O)c1cccc(C(=O)N2CCC(c3nnc4ccccn34)CC2)c1. The van der Waals surface area contributed by atoms with Gasteiger partial charge >= 0.3 is 0 Å². The molecule has 1 amide bonds. The summed E-state index contributed by atoms with van der Waals surface area (Å²) in [6.45, 7) is 3.23. The number of hydrogen-bond donors (Lipinski definition) is 0. The number of para-hydroxylation sites is 1. The molecule has 0 aliphatic carbocycles. The van der Waals surface area contributed by atoms with Crippen molar-refractivity contribution in [2.45, 2.75) is 30.6 Å². The van der Waals surface area contributed by atoms with Gasteiger partial charge in [0.05, 0.1) is 10.6 Å². The van der Waals surface area contributed by atoms with Crippen LogP contribution in [-0.4, -0.2) is 53.5 Å². The van der Waals surface area contributed by atoms with E-state index >= 15 is 0 Å². The van der Waals surface area contributed by atoms with Crippen LogP contribution in [0.4, 0.5) is 5.69 Å². The Kier molecular flexibility index (Phi) is 6.25. The molecule has 0 N–H and O–H groups in total. The highest BCUT2D eigenvalue weighted by Crippen LogP contribution is 2.29. The minimum Gasteiger partial charge on any atom is -0.339 e. The number of nitrogens with zero attached hydrogens (tertiary/aromatic N) is 5. The van der Waals surface area contributed by atoms with Gasteiger partial charge in [-0.1, -0.05) is 30.3 Å². The average molecular weight is 490 g/mol. The number of aromatic nitrogens is 3. The first-order chi connectivity index (χ1) is 17.0. The lowest BCUT2D eigenvalue weighted by Crippen LogP contribution is -2.38. The Morgan fingerprint density at radius 2 is 1.71 bits per heavy atom. The second-order valence-electron chi connectivity index (χ2n) is 8.59. The Labute approximate surface area is 204 Å². The van der Waals surface area contributed by atoms with Crippen molar-refractivity contribution in [2.75, 3.05) is 23.9 Å². The van der Waals surface area contributed by atoms with Crippen LogP contribution >= 0.6 is 0 Å². The van der Waals surface area contributed by atoms with Crippen molar-refractivity contribution in [3.05, 3.63) is 90.4 Å². The molecule has 0 unspecified atom stereocenters. The molecule has 5 rings (SSSR count). The maximum absolute atomic E-state index is 13.4. The van der Waals surface area contributed by atoms with E-state index in [1.807, 2.05) is 34.9 Å². The van der Waals surface area contributed by atoms with Crippen LogP contribution in [0.1, 0.15) is 41.9 Å². The lowest BCUT2D eigenvalue weighted by atomic mass is 9.95. The number of pyridine rings is 1. The Morgan fingerprint density at radius 3 is 2.46 bits per heavy atom. The fourth-order valence-corrected chi connectivity index (χ4v) is 6.18. The number of benzene rings is 2. The van der Waals surface area contributed by atoms with Crippen LogP contribution in [0.25, 0.3) is 5.65 Å². The van der Waals surface area contributed by atoms with E-state index in [2.05, 4.69) is 10.2 Å². The fraction of sp³-hybridized carbons (Fsp3) is 0.269. The number of hydrogen-bond acceptors (Lipinski definition) is 5. The molecule has 0 radical (unpaired) electrons. The third-order valence-electron chi connectivity index (χ3n) is 6.49. The topological polar surface area (TPSA) is 87.9 Å². The highest BCUT2D eigenvalue weighted by Gasteiger charge is 2.29. The van der Waals surface area contributed by atoms with Crippen LogP contribution < -0.4 is 4.31 Å². The van der Waals surface area contributed by atoms with Gasteiger partial charge in [0.25, 0.3) is 15.9 Å². The van der Waals surface area contributed by atoms with Crippen molar-refractivity contribution in [2.24, 2.45) is 0 Å². The summed E-state index contributed by atoms with van der Waals surface area (Å²) in [6.07, 6.45) is 3.51. The molecule has 0 bridgehead atoms. The Bertz CT molecular complexity index is 1440. The van der Waals surface area contributed by atoms with E-state index in [1.165, 1.54) is 10.4 Å². The van der Waals surface area contributed by atoms with Crippen LogP contribution in [0.15, 0.2) is 83.9 Å². The largest absolute Gasteiger partial charge is 0.339 e. The molecule has 2 aromatic carbocycles. The number of carbonyl (C=O) groups excluding carboxylic acids is 1. The highest BCUT2D eigenvalue weighted by molar-refractivity contribution is 7.92. The second-order valence-corrected chi connectivity index (χ2v) is 10.4. The van der Waals surface area contributed by atoms with Crippen molar-refractivity contribution in [1.29, 1.82) is 0 Å². The highest BCUT2D eigenvalue weighted by atomic mass is 32.2. The van der Waals surface area contributed by atoms with E-state index in [-0.39, 0.29) is 23.3 Å². The summed E-state index contributed by atoms with van der Waals surface area (Å²) in [5.74, 6) is 0.975. The fourth-order valence-electron chi connectivity index (χ4n) is 4.66. The monoisotopic (exact) mass is 489 g/mol. The molecule has 0 spiro atoms. The number of carbonyl (C=O) groups is 1. The first-order valence-electron chi connectivity index (χ1n) is 11.8. The predicted molar refractivity (Wildman–Crippen MR) is 134 cm³/mol. The van der Waals surface area contributed by atoms with Gasteiger partial charge in [-0.15, -0.1) is 10.2 Å². The maximum Gasteiger partial charge on any atom is 0.264 e. The quantitative estimate of drug-likeness (QED) is 0.409. The molecule has 3 heterocycles. The van der Waals surface area contributed by atoms with Gasteiger partial charge in [0.15, 0.2) is 5.65 Å². The zero-order chi connectivity index (χ0) is 24.4. The Balaban J connectivity index is 1.32. The third-order valence-corrected chi connectivity index (χ3v) is 8.39.